The first-order valence-electron chi connectivity index (χ1n) is 13.6. The van der Waals surface area contributed by atoms with Crippen LogP contribution in [0.4, 0.5) is 0 Å². The average Bonchev–Trinajstić information content (AvgIpc) is 3.51. The second kappa shape index (κ2) is 10.7. The summed E-state index contributed by atoms with van der Waals surface area (Å²) in [6, 6.07) is 5.30. The monoisotopic (exact) mass is 524 g/mol. The lowest BCUT2D eigenvalue weighted by Gasteiger charge is -2.32. The molecule has 3 fully saturated rings. The molecular weight excluding hydrogens is 488 g/mol. The van der Waals surface area contributed by atoms with Crippen LogP contribution in [0.3, 0.4) is 0 Å². The van der Waals surface area contributed by atoms with E-state index in [1.807, 2.05) is 18.2 Å². The van der Waals surface area contributed by atoms with E-state index in [0.29, 0.717) is 37.4 Å². The number of carboxylic acids is 1. The molecule has 3 heterocycles. The van der Waals surface area contributed by atoms with Gasteiger partial charge >= 0.3 is 5.97 Å². The summed E-state index contributed by atoms with van der Waals surface area (Å²) in [6.45, 7) is 1.04. The van der Waals surface area contributed by atoms with Gasteiger partial charge in [0.2, 0.25) is 11.8 Å². The topological polar surface area (TPSA) is 141 Å². The smallest absolute Gasteiger partial charge is 0.326 e. The lowest BCUT2D eigenvalue weighted by atomic mass is 9.72. The Morgan fingerprint density at radius 1 is 1.21 bits per heavy atom. The predicted octanol–water partition coefficient (Wildman–Crippen LogP) is 2.83. The fraction of sp³-hybridized carbons (Fsp3) is 0.571. The highest BCUT2D eigenvalue weighted by Gasteiger charge is 2.49. The standard InChI is InChI=1S/C28H36N4O6/c1-38-23-9-5-8-19-18(23)14-20(30-19)26(35)32-16-28(10-3-2-4-11-28)15-22(32)25(34)31-21(27(36)37)13-17-7-6-12-29-24(17)33/h5,8-9,14,17,21-22,30H,2-4,6-7,10-13,15-16H2,1H3,(H,29,33)(H,31,34)(H,36,37)/t17-,21-,22?/m0/s1. The number of aliphatic carboxylic acids is 1. The summed E-state index contributed by atoms with van der Waals surface area (Å²) in [7, 11) is 1.58. The second-order valence-corrected chi connectivity index (χ2v) is 11.1. The van der Waals surface area contributed by atoms with Crippen LogP contribution in [0.1, 0.15) is 68.3 Å². The largest absolute Gasteiger partial charge is 0.496 e. The molecule has 10 heteroatoms. The summed E-state index contributed by atoms with van der Waals surface area (Å²) >= 11 is 0. The first-order chi connectivity index (χ1) is 18.3. The Bertz CT molecular complexity index is 1230. The lowest BCUT2D eigenvalue weighted by molar-refractivity contribution is -0.143. The molecule has 3 atom stereocenters. The zero-order valence-electron chi connectivity index (χ0n) is 21.8. The zero-order chi connectivity index (χ0) is 26.9. The summed E-state index contributed by atoms with van der Waals surface area (Å²) in [5, 5.41) is 16.1. The van der Waals surface area contributed by atoms with E-state index in [-0.39, 0.29) is 23.7 Å². The van der Waals surface area contributed by atoms with Crippen LogP contribution >= 0.6 is 0 Å². The number of carboxylic acid groups (broad SMARTS) is 1. The van der Waals surface area contributed by atoms with E-state index in [4.69, 9.17) is 4.74 Å². The van der Waals surface area contributed by atoms with Crippen LogP contribution in [0.5, 0.6) is 5.75 Å². The van der Waals surface area contributed by atoms with E-state index in [1.54, 1.807) is 18.1 Å². The Labute approximate surface area is 221 Å². The van der Waals surface area contributed by atoms with Crippen LogP contribution in [0.25, 0.3) is 10.9 Å². The van der Waals surface area contributed by atoms with Gasteiger partial charge in [-0.3, -0.25) is 14.4 Å². The van der Waals surface area contributed by atoms with E-state index in [1.165, 1.54) is 0 Å². The Kier molecular flexibility index (Phi) is 7.32. The van der Waals surface area contributed by atoms with Crippen LogP contribution in [-0.4, -0.2) is 71.0 Å². The molecule has 4 N–H and O–H groups in total. The van der Waals surface area contributed by atoms with Gasteiger partial charge in [0.25, 0.3) is 5.91 Å². The van der Waals surface area contributed by atoms with Crippen LogP contribution in [0.15, 0.2) is 24.3 Å². The molecule has 0 bridgehead atoms. The van der Waals surface area contributed by atoms with Crippen LogP contribution in [0, 0.1) is 11.3 Å². The maximum Gasteiger partial charge on any atom is 0.326 e. The third-order valence-corrected chi connectivity index (χ3v) is 8.59. The van der Waals surface area contributed by atoms with Crippen molar-refractivity contribution in [1.82, 2.24) is 20.5 Å². The van der Waals surface area contributed by atoms with Crippen molar-refractivity contribution in [2.45, 2.75) is 69.9 Å². The number of nitrogens with zero attached hydrogens (tertiary/aromatic N) is 1. The molecule has 1 aromatic heterocycles. The summed E-state index contributed by atoms with van der Waals surface area (Å²) in [5.74, 6) is -1.93. The quantitative estimate of drug-likeness (QED) is 0.439. The molecule has 1 saturated carbocycles. The van der Waals surface area contributed by atoms with Crippen molar-refractivity contribution in [3.8, 4) is 5.75 Å². The van der Waals surface area contributed by atoms with E-state index in [2.05, 4.69) is 15.6 Å². The molecule has 1 unspecified atom stereocenters. The van der Waals surface area contributed by atoms with Crippen molar-refractivity contribution >= 4 is 34.6 Å². The molecule has 1 spiro atoms. The summed E-state index contributed by atoms with van der Waals surface area (Å²) in [4.78, 5) is 56.6. The average molecular weight is 525 g/mol. The Hall–Kier alpha value is -3.56. The normalized spacial score (nSPS) is 23.7. The number of hydrogen-bond acceptors (Lipinski definition) is 5. The van der Waals surface area contributed by atoms with Gasteiger partial charge in [-0.25, -0.2) is 4.79 Å². The number of methoxy groups -OCH3 is 1. The van der Waals surface area contributed by atoms with Crippen molar-refractivity contribution in [1.29, 1.82) is 0 Å². The number of aromatic nitrogens is 1. The number of likely N-dealkylation sites (tertiary alicyclic amines) is 1. The third-order valence-electron chi connectivity index (χ3n) is 8.59. The van der Waals surface area contributed by atoms with E-state index >= 15 is 0 Å². The summed E-state index contributed by atoms with van der Waals surface area (Å²) < 4.78 is 5.44. The third kappa shape index (κ3) is 5.08. The number of rotatable bonds is 7. The highest BCUT2D eigenvalue weighted by molar-refractivity contribution is 6.02. The minimum atomic E-state index is -1.20. The number of aromatic amines is 1. The van der Waals surface area contributed by atoms with E-state index < -0.39 is 29.9 Å². The highest BCUT2D eigenvalue weighted by Crippen LogP contribution is 2.47. The number of nitrogens with one attached hydrogen (secondary N) is 3. The van der Waals surface area contributed by atoms with Crippen molar-refractivity contribution in [2.24, 2.45) is 11.3 Å². The van der Waals surface area contributed by atoms with Gasteiger partial charge in [-0.2, -0.15) is 0 Å². The van der Waals surface area contributed by atoms with Crippen LogP contribution in [-0.2, 0) is 14.4 Å². The maximum absolute atomic E-state index is 13.8. The number of amides is 3. The number of carbonyl (C=O) groups excluding carboxylic acids is 3. The van der Waals surface area contributed by atoms with Crippen molar-refractivity contribution in [2.75, 3.05) is 20.2 Å². The van der Waals surface area contributed by atoms with Crippen LogP contribution in [0.2, 0.25) is 0 Å². The van der Waals surface area contributed by atoms with Gasteiger partial charge in [-0.1, -0.05) is 25.3 Å². The minimum absolute atomic E-state index is 0.0283. The maximum atomic E-state index is 13.8. The zero-order valence-corrected chi connectivity index (χ0v) is 21.8. The molecule has 2 saturated heterocycles. The van der Waals surface area contributed by atoms with Crippen molar-refractivity contribution in [3.05, 3.63) is 30.0 Å². The molecule has 204 valence electrons. The SMILES string of the molecule is COc1cccc2[nH]c(C(=O)N3CC4(CCCCC4)CC3C(=O)N[C@@H](C[C@@H]3CCCNC3=O)C(=O)O)cc12. The number of piperidine rings is 1. The molecule has 10 nitrogen and oxygen atoms in total. The highest BCUT2D eigenvalue weighted by atomic mass is 16.5. The summed E-state index contributed by atoms with van der Waals surface area (Å²) in [6.07, 6.45) is 7.01. The Morgan fingerprint density at radius 2 is 2.00 bits per heavy atom. The van der Waals surface area contributed by atoms with Crippen LogP contribution < -0.4 is 15.4 Å². The number of hydrogen-bond donors (Lipinski definition) is 4. The molecule has 1 aliphatic carbocycles. The molecule has 3 aliphatic rings. The van der Waals surface area contributed by atoms with Crippen molar-refractivity contribution in [3.63, 3.8) is 0 Å². The Balaban J connectivity index is 1.39. The van der Waals surface area contributed by atoms with Gasteiger partial charge in [0, 0.05) is 29.9 Å². The first kappa shape index (κ1) is 26.1. The van der Waals surface area contributed by atoms with Crippen molar-refractivity contribution < 1.29 is 29.0 Å². The fourth-order valence-corrected chi connectivity index (χ4v) is 6.58. The van der Waals surface area contributed by atoms with Gasteiger partial charge in [0.15, 0.2) is 0 Å². The van der Waals surface area contributed by atoms with Gasteiger partial charge < -0.3 is 30.4 Å². The van der Waals surface area contributed by atoms with Gasteiger partial charge in [-0.15, -0.1) is 0 Å². The molecule has 2 aromatic rings. The van der Waals surface area contributed by atoms with Gasteiger partial charge in [0.1, 0.15) is 23.5 Å². The van der Waals surface area contributed by atoms with E-state index in [9.17, 15) is 24.3 Å². The molecule has 0 radical (unpaired) electrons. The predicted molar refractivity (Wildman–Crippen MR) is 140 cm³/mol. The summed E-state index contributed by atoms with van der Waals surface area (Å²) in [5.41, 5.74) is 0.975. The number of fused-ring (bicyclic) bond motifs is 1. The molecule has 1 aromatic carbocycles. The number of carbonyl (C=O) groups is 4. The molecule has 2 aliphatic heterocycles. The van der Waals surface area contributed by atoms with E-state index in [0.717, 1.165) is 49.4 Å². The molecule has 5 rings (SSSR count). The van der Waals surface area contributed by atoms with Gasteiger partial charge in [0.05, 0.1) is 7.11 Å². The first-order valence-corrected chi connectivity index (χ1v) is 13.6. The minimum Gasteiger partial charge on any atom is -0.496 e. The fourth-order valence-electron chi connectivity index (χ4n) is 6.58. The molecule has 3 amide bonds. The molecule has 38 heavy (non-hydrogen) atoms. The second-order valence-electron chi connectivity index (χ2n) is 11.1. The number of H-pyrrole nitrogens is 1. The number of ether oxygens (including phenoxy) is 1. The lowest BCUT2D eigenvalue weighted by Crippen LogP contribution is -2.52. The molecular formula is C28H36N4O6. The Morgan fingerprint density at radius 3 is 2.71 bits per heavy atom. The number of benzene rings is 1. The van der Waals surface area contributed by atoms with Gasteiger partial charge in [-0.05, 0) is 62.1 Å².